The minimum atomic E-state index is -1.01. The van der Waals surface area contributed by atoms with Gasteiger partial charge in [0, 0.05) is 24.0 Å². The molecule has 2 aliphatic rings. The minimum Gasteiger partial charge on any atom is -0.390 e. The van der Waals surface area contributed by atoms with Gasteiger partial charge in [0.2, 0.25) is 0 Å². The maximum Gasteiger partial charge on any atom is 0.143 e. The largest absolute Gasteiger partial charge is 0.390 e. The summed E-state index contributed by atoms with van der Waals surface area (Å²) in [7, 11) is 0. The van der Waals surface area contributed by atoms with Gasteiger partial charge >= 0.3 is 0 Å². The second-order valence-corrected chi connectivity index (χ2v) is 8.22. The van der Waals surface area contributed by atoms with Crippen LogP contribution in [-0.2, 0) is 13.0 Å². The van der Waals surface area contributed by atoms with Gasteiger partial charge in [-0.1, -0.05) is 18.2 Å². The standard InChI is InChI=1S/C22H26N4O3/c1-12-14-6-8-26(22(14)25-11-24-12)18-9-16(20(28)21(18)29)19(27)15-4-2-3-13-5-7-23-10-17(13)15/h2-4,6,8,11,16,18-21,23,27-29H,5,7,9-10H2,1H3/t16?,18?,19?,20-,21+/m1/s1. The van der Waals surface area contributed by atoms with Crippen LogP contribution in [0.1, 0.15) is 41.0 Å². The zero-order valence-corrected chi connectivity index (χ0v) is 16.4. The number of nitrogens with zero attached hydrogens (tertiary/aromatic N) is 3. The summed E-state index contributed by atoms with van der Waals surface area (Å²) >= 11 is 0. The number of aromatic nitrogens is 3. The van der Waals surface area contributed by atoms with E-state index in [2.05, 4.69) is 21.4 Å². The van der Waals surface area contributed by atoms with E-state index < -0.39 is 24.2 Å². The molecule has 5 rings (SSSR count). The second-order valence-electron chi connectivity index (χ2n) is 8.22. The van der Waals surface area contributed by atoms with E-state index in [1.807, 2.05) is 35.9 Å². The van der Waals surface area contributed by atoms with E-state index in [0.717, 1.165) is 47.4 Å². The van der Waals surface area contributed by atoms with Crippen LogP contribution in [0.4, 0.5) is 0 Å². The zero-order valence-electron chi connectivity index (χ0n) is 16.4. The lowest BCUT2D eigenvalue weighted by atomic mass is 9.86. The Bertz CT molecular complexity index is 1050. The maximum absolute atomic E-state index is 11.2. The Hall–Kier alpha value is -2.32. The highest BCUT2D eigenvalue weighted by molar-refractivity contribution is 5.78. The number of rotatable bonds is 3. The van der Waals surface area contributed by atoms with Crippen LogP contribution in [0, 0.1) is 12.8 Å². The van der Waals surface area contributed by atoms with Gasteiger partial charge in [-0.3, -0.25) is 0 Å². The van der Waals surface area contributed by atoms with E-state index in [4.69, 9.17) is 0 Å². The number of aliphatic hydroxyl groups excluding tert-OH is 3. The molecule has 4 N–H and O–H groups in total. The first kappa shape index (κ1) is 18.7. The first-order valence-corrected chi connectivity index (χ1v) is 10.2. The number of nitrogens with one attached hydrogen (secondary N) is 1. The van der Waals surface area contributed by atoms with Crippen LogP contribution < -0.4 is 5.32 Å². The van der Waals surface area contributed by atoms with Crippen molar-refractivity contribution in [1.29, 1.82) is 0 Å². The van der Waals surface area contributed by atoms with Crippen LogP contribution >= 0.6 is 0 Å². The molecule has 152 valence electrons. The molecule has 0 amide bonds. The molecule has 1 aliphatic heterocycles. The Kier molecular flexibility index (Phi) is 4.63. The van der Waals surface area contributed by atoms with Crippen LogP contribution in [-0.4, -0.2) is 48.6 Å². The van der Waals surface area contributed by atoms with Gasteiger partial charge in [-0.2, -0.15) is 0 Å². The molecule has 0 bridgehead atoms. The average molecular weight is 394 g/mol. The number of aryl methyl sites for hydroxylation is 1. The molecule has 3 heterocycles. The van der Waals surface area contributed by atoms with Crippen molar-refractivity contribution < 1.29 is 15.3 Å². The Labute approximate surface area is 169 Å². The second kappa shape index (κ2) is 7.18. The first-order valence-electron chi connectivity index (χ1n) is 10.2. The molecule has 1 fully saturated rings. The number of aliphatic hydroxyl groups is 3. The average Bonchev–Trinajstić information content (AvgIpc) is 3.29. The molecule has 1 saturated carbocycles. The fourth-order valence-electron chi connectivity index (χ4n) is 5.05. The van der Waals surface area contributed by atoms with Crippen molar-refractivity contribution in [1.82, 2.24) is 19.9 Å². The highest BCUT2D eigenvalue weighted by Crippen LogP contribution is 2.44. The molecule has 3 unspecified atom stereocenters. The smallest absolute Gasteiger partial charge is 0.143 e. The topological polar surface area (TPSA) is 103 Å². The predicted molar refractivity (Wildman–Crippen MR) is 108 cm³/mol. The van der Waals surface area contributed by atoms with Gasteiger partial charge in [-0.05, 0) is 49.1 Å². The highest BCUT2D eigenvalue weighted by Gasteiger charge is 2.46. The maximum atomic E-state index is 11.2. The Morgan fingerprint density at radius 2 is 2.03 bits per heavy atom. The van der Waals surface area contributed by atoms with Crippen molar-refractivity contribution in [3.63, 3.8) is 0 Å². The fourth-order valence-corrected chi connectivity index (χ4v) is 5.05. The third-order valence-corrected chi connectivity index (χ3v) is 6.67. The van der Waals surface area contributed by atoms with Gasteiger partial charge in [-0.25, -0.2) is 9.97 Å². The van der Waals surface area contributed by atoms with Crippen molar-refractivity contribution in [3.05, 3.63) is 59.2 Å². The molecular formula is C22H26N4O3. The minimum absolute atomic E-state index is 0.353. The lowest BCUT2D eigenvalue weighted by Gasteiger charge is -2.27. The molecule has 0 radical (unpaired) electrons. The van der Waals surface area contributed by atoms with Crippen molar-refractivity contribution in [2.45, 2.75) is 50.7 Å². The van der Waals surface area contributed by atoms with E-state index in [1.54, 1.807) is 0 Å². The third kappa shape index (κ3) is 2.97. The molecule has 3 aromatic rings. The monoisotopic (exact) mass is 394 g/mol. The molecule has 2 aromatic heterocycles. The Morgan fingerprint density at radius 1 is 1.17 bits per heavy atom. The SMILES string of the molecule is Cc1ncnc2c1ccn2C1CC(C(O)c2cccc3c2CNCC3)[C@@H](O)[C@H]1O. The van der Waals surface area contributed by atoms with Crippen molar-refractivity contribution >= 4 is 11.0 Å². The molecule has 1 aromatic carbocycles. The molecule has 7 heteroatoms. The molecular weight excluding hydrogens is 368 g/mol. The predicted octanol–water partition coefficient (Wildman–Crippen LogP) is 1.40. The lowest BCUT2D eigenvalue weighted by molar-refractivity contribution is -0.0267. The summed E-state index contributed by atoms with van der Waals surface area (Å²) in [6, 6.07) is 7.59. The number of benzene rings is 1. The quantitative estimate of drug-likeness (QED) is 0.536. The van der Waals surface area contributed by atoms with Crippen LogP contribution in [0.5, 0.6) is 0 Å². The first-order chi connectivity index (χ1) is 14.1. The summed E-state index contributed by atoms with van der Waals surface area (Å²) in [4.78, 5) is 8.60. The van der Waals surface area contributed by atoms with Crippen LogP contribution in [0.15, 0.2) is 36.8 Å². The summed E-state index contributed by atoms with van der Waals surface area (Å²) in [6.07, 6.45) is 1.98. The fraction of sp³-hybridized carbons (Fsp3) is 0.455. The molecule has 0 saturated heterocycles. The Morgan fingerprint density at radius 3 is 2.90 bits per heavy atom. The van der Waals surface area contributed by atoms with Gasteiger partial charge in [0.25, 0.3) is 0 Å². The molecule has 7 nitrogen and oxygen atoms in total. The van der Waals surface area contributed by atoms with E-state index in [0.29, 0.717) is 6.42 Å². The normalized spacial score (nSPS) is 27.9. The number of hydrogen-bond donors (Lipinski definition) is 4. The van der Waals surface area contributed by atoms with Gasteiger partial charge < -0.3 is 25.2 Å². The molecule has 0 spiro atoms. The van der Waals surface area contributed by atoms with E-state index in [9.17, 15) is 15.3 Å². The van der Waals surface area contributed by atoms with Gasteiger partial charge in [0.1, 0.15) is 18.1 Å². The van der Waals surface area contributed by atoms with Crippen LogP contribution in [0.2, 0.25) is 0 Å². The summed E-state index contributed by atoms with van der Waals surface area (Å²) < 4.78 is 1.91. The van der Waals surface area contributed by atoms with Crippen molar-refractivity contribution in [2.24, 2.45) is 5.92 Å². The summed E-state index contributed by atoms with van der Waals surface area (Å²) in [5.41, 5.74) is 4.83. The van der Waals surface area contributed by atoms with E-state index in [-0.39, 0.29) is 6.04 Å². The van der Waals surface area contributed by atoms with Crippen molar-refractivity contribution in [2.75, 3.05) is 6.54 Å². The molecule has 5 atom stereocenters. The number of fused-ring (bicyclic) bond motifs is 2. The lowest BCUT2D eigenvalue weighted by Crippen LogP contribution is -2.32. The van der Waals surface area contributed by atoms with Gasteiger partial charge in [0.15, 0.2) is 0 Å². The number of hydrogen-bond acceptors (Lipinski definition) is 6. The Balaban J connectivity index is 1.48. The molecule has 1 aliphatic carbocycles. The highest BCUT2D eigenvalue weighted by atomic mass is 16.3. The summed E-state index contributed by atoms with van der Waals surface area (Å²) in [6.45, 7) is 3.57. The van der Waals surface area contributed by atoms with Gasteiger partial charge in [0.05, 0.1) is 23.9 Å². The molecule has 29 heavy (non-hydrogen) atoms. The van der Waals surface area contributed by atoms with E-state index >= 15 is 0 Å². The van der Waals surface area contributed by atoms with Crippen LogP contribution in [0.3, 0.4) is 0 Å². The van der Waals surface area contributed by atoms with Crippen molar-refractivity contribution in [3.8, 4) is 0 Å². The summed E-state index contributed by atoms with van der Waals surface area (Å²) in [5.74, 6) is -0.455. The van der Waals surface area contributed by atoms with Gasteiger partial charge in [-0.15, -0.1) is 0 Å². The van der Waals surface area contributed by atoms with E-state index in [1.165, 1.54) is 11.9 Å². The third-order valence-electron chi connectivity index (χ3n) is 6.67. The zero-order chi connectivity index (χ0) is 20.1. The van der Waals surface area contributed by atoms with Crippen LogP contribution in [0.25, 0.3) is 11.0 Å². The summed E-state index contributed by atoms with van der Waals surface area (Å²) in [5, 5.41) is 37.1.